The lowest BCUT2D eigenvalue weighted by molar-refractivity contribution is -0.142. The molecule has 0 aliphatic rings. The van der Waals surface area contributed by atoms with Gasteiger partial charge in [0.2, 0.25) is 0 Å². The van der Waals surface area contributed by atoms with Crippen LogP contribution in [0.3, 0.4) is 0 Å². The number of amides is 1. The van der Waals surface area contributed by atoms with Crippen molar-refractivity contribution >= 4 is 18.0 Å². The van der Waals surface area contributed by atoms with Crippen molar-refractivity contribution in [2.45, 2.75) is 6.54 Å². The fourth-order valence-corrected chi connectivity index (χ4v) is 2.58. The molecular formula is C21H19N3O3. The van der Waals surface area contributed by atoms with Gasteiger partial charge < -0.3 is 10.5 Å². The van der Waals surface area contributed by atoms with E-state index in [2.05, 4.69) is 5.10 Å². The molecule has 1 aromatic heterocycles. The van der Waals surface area contributed by atoms with Gasteiger partial charge in [-0.1, -0.05) is 60.7 Å². The highest BCUT2D eigenvalue weighted by Gasteiger charge is 2.10. The SMILES string of the molecule is NC(=O)COC(=O)/C=C/c1cn(Cc2ccccc2)nc1-c1ccccc1. The van der Waals surface area contributed by atoms with Crippen LogP contribution >= 0.6 is 0 Å². The van der Waals surface area contributed by atoms with Crippen LogP contribution in [0.15, 0.2) is 72.9 Å². The minimum atomic E-state index is -0.697. The maximum Gasteiger partial charge on any atom is 0.331 e. The quantitative estimate of drug-likeness (QED) is 0.518. The first kappa shape index (κ1) is 18.1. The molecular weight excluding hydrogens is 342 g/mol. The van der Waals surface area contributed by atoms with Gasteiger partial charge in [0, 0.05) is 23.4 Å². The highest BCUT2D eigenvalue weighted by Crippen LogP contribution is 2.23. The van der Waals surface area contributed by atoms with Crippen LogP contribution < -0.4 is 5.73 Å². The van der Waals surface area contributed by atoms with Crippen LogP contribution in [-0.4, -0.2) is 28.3 Å². The standard InChI is InChI=1S/C21H19N3O3/c22-19(25)15-27-20(26)12-11-18-14-24(13-16-7-3-1-4-8-16)23-21(18)17-9-5-2-6-10-17/h1-12,14H,13,15H2,(H2,22,25)/b12-11+. The normalized spacial score (nSPS) is 10.8. The second-order valence-corrected chi connectivity index (χ2v) is 5.89. The van der Waals surface area contributed by atoms with Crippen molar-refractivity contribution in [2.75, 3.05) is 6.61 Å². The number of ether oxygens (including phenoxy) is 1. The van der Waals surface area contributed by atoms with Crippen LogP contribution in [0.1, 0.15) is 11.1 Å². The third-order valence-electron chi connectivity index (χ3n) is 3.78. The lowest BCUT2D eigenvalue weighted by atomic mass is 10.1. The molecule has 0 saturated heterocycles. The zero-order valence-electron chi connectivity index (χ0n) is 14.6. The average Bonchev–Trinajstić information content (AvgIpc) is 3.09. The summed E-state index contributed by atoms with van der Waals surface area (Å²) >= 11 is 0. The Kier molecular flexibility index (Phi) is 5.79. The Morgan fingerprint density at radius 3 is 2.37 bits per heavy atom. The van der Waals surface area contributed by atoms with Crippen molar-refractivity contribution in [3.8, 4) is 11.3 Å². The van der Waals surface area contributed by atoms with E-state index in [-0.39, 0.29) is 0 Å². The zero-order chi connectivity index (χ0) is 19.1. The third-order valence-corrected chi connectivity index (χ3v) is 3.78. The molecule has 2 N–H and O–H groups in total. The molecule has 0 radical (unpaired) electrons. The van der Waals surface area contributed by atoms with Gasteiger partial charge in [-0.2, -0.15) is 5.10 Å². The van der Waals surface area contributed by atoms with Crippen molar-refractivity contribution in [1.29, 1.82) is 0 Å². The summed E-state index contributed by atoms with van der Waals surface area (Å²) in [5, 5.41) is 4.67. The molecule has 27 heavy (non-hydrogen) atoms. The fourth-order valence-electron chi connectivity index (χ4n) is 2.58. The van der Waals surface area contributed by atoms with E-state index >= 15 is 0 Å². The molecule has 0 bridgehead atoms. The van der Waals surface area contributed by atoms with Crippen molar-refractivity contribution in [3.05, 3.63) is 84.1 Å². The van der Waals surface area contributed by atoms with Gasteiger partial charge in [0.25, 0.3) is 5.91 Å². The Hall–Kier alpha value is -3.67. The number of primary amides is 1. The van der Waals surface area contributed by atoms with Crippen LogP contribution in [0.2, 0.25) is 0 Å². The number of nitrogens with two attached hydrogens (primary N) is 1. The Bertz CT molecular complexity index is 947. The smallest absolute Gasteiger partial charge is 0.331 e. The maximum atomic E-state index is 11.7. The first-order chi connectivity index (χ1) is 13.1. The van der Waals surface area contributed by atoms with E-state index in [1.54, 1.807) is 6.08 Å². The van der Waals surface area contributed by atoms with Crippen LogP contribution in [0.25, 0.3) is 17.3 Å². The molecule has 0 spiro atoms. The average molecular weight is 361 g/mol. The van der Waals surface area contributed by atoms with Crippen molar-refractivity contribution in [2.24, 2.45) is 5.73 Å². The molecule has 136 valence electrons. The Balaban J connectivity index is 1.86. The molecule has 0 saturated carbocycles. The largest absolute Gasteiger partial charge is 0.452 e. The zero-order valence-corrected chi connectivity index (χ0v) is 14.6. The first-order valence-corrected chi connectivity index (χ1v) is 8.42. The molecule has 1 heterocycles. The van der Waals surface area contributed by atoms with Gasteiger partial charge in [0.15, 0.2) is 6.61 Å². The van der Waals surface area contributed by atoms with Crippen molar-refractivity contribution < 1.29 is 14.3 Å². The molecule has 3 rings (SSSR count). The minimum absolute atomic E-state index is 0.442. The summed E-state index contributed by atoms with van der Waals surface area (Å²) in [6, 6.07) is 19.7. The van der Waals surface area contributed by atoms with Gasteiger partial charge in [-0.3, -0.25) is 9.48 Å². The Morgan fingerprint density at radius 2 is 1.70 bits per heavy atom. The van der Waals surface area contributed by atoms with E-state index in [4.69, 9.17) is 10.5 Å². The number of benzene rings is 2. The number of hydrogen-bond acceptors (Lipinski definition) is 4. The Labute approximate surface area is 156 Å². The molecule has 0 unspecified atom stereocenters. The van der Waals surface area contributed by atoms with E-state index in [9.17, 15) is 9.59 Å². The number of aromatic nitrogens is 2. The number of carbonyl (C=O) groups is 2. The number of rotatable bonds is 7. The highest BCUT2D eigenvalue weighted by atomic mass is 16.5. The van der Waals surface area contributed by atoms with Gasteiger partial charge in [-0.15, -0.1) is 0 Å². The number of hydrogen-bond donors (Lipinski definition) is 1. The monoisotopic (exact) mass is 361 g/mol. The lowest BCUT2D eigenvalue weighted by Gasteiger charge is -2.01. The second kappa shape index (κ2) is 8.62. The van der Waals surface area contributed by atoms with Gasteiger partial charge in [-0.05, 0) is 11.6 Å². The number of carbonyl (C=O) groups excluding carboxylic acids is 2. The van der Waals surface area contributed by atoms with Crippen molar-refractivity contribution in [1.82, 2.24) is 9.78 Å². The maximum absolute atomic E-state index is 11.7. The molecule has 0 fully saturated rings. The molecule has 1 amide bonds. The first-order valence-electron chi connectivity index (χ1n) is 8.42. The molecule has 0 atom stereocenters. The molecule has 3 aromatic rings. The highest BCUT2D eigenvalue weighted by molar-refractivity contribution is 5.90. The van der Waals surface area contributed by atoms with E-state index in [0.29, 0.717) is 6.54 Å². The third kappa shape index (κ3) is 5.15. The summed E-state index contributed by atoms with van der Waals surface area (Å²) in [5.41, 5.74) is 8.56. The summed E-state index contributed by atoms with van der Waals surface area (Å²) in [6.07, 6.45) is 4.76. The van der Waals surface area contributed by atoms with Crippen LogP contribution in [0, 0.1) is 0 Å². The summed E-state index contributed by atoms with van der Waals surface area (Å²) in [5.74, 6) is -1.33. The van der Waals surface area contributed by atoms with E-state index in [1.165, 1.54) is 6.08 Å². The molecule has 2 aromatic carbocycles. The summed E-state index contributed by atoms with van der Waals surface area (Å²) in [6.45, 7) is 0.169. The second-order valence-electron chi connectivity index (χ2n) is 5.89. The van der Waals surface area contributed by atoms with Gasteiger partial charge in [-0.25, -0.2) is 4.79 Å². The lowest BCUT2D eigenvalue weighted by Crippen LogP contribution is -2.19. The van der Waals surface area contributed by atoms with Crippen LogP contribution in [-0.2, 0) is 20.9 Å². The summed E-state index contributed by atoms with van der Waals surface area (Å²) in [4.78, 5) is 22.4. The predicted octanol–water partition coefficient (Wildman–Crippen LogP) is 2.64. The fraction of sp³-hybridized carbons (Fsp3) is 0.0952. The van der Waals surface area contributed by atoms with Crippen LogP contribution in [0.5, 0.6) is 0 Å². The molecule has 0 aliphatic heterocycles. The van der Waals surface area contributed by atoms with E-state index < -0.39 is 18.5 Å². The Morgan fingerprint density at radius 1 is 1.04 bits per heavy atom. The van der Waals surface area contributed by atoms with Crippen LogP contribution in [0.4, 0.5) is 0 Å². The molecule has 6 heteroatoms. The van der Waals surface area contributed by atoms with E-state index in [1.807, 2.05) is 71.5 Å². The predicted molar refractivity (Wildman–Crippen MR) is 102 cm³/mol. The summed E-state index contributed by atoms with van der Waals surface area (Å²) < 4.78 is 6.57. The van der Waals surface area contributed by atoms with Crippen molar-refractivity contribution in [3.63, 3.8) is 0 Å². The number of esters is 1. The van der Waals surface area contributed by atoms with E-state index in [0.717, 1.165) is 22.4 Å². The minimum Gasteiger partial charge on any atom is -0.452 e. The van der Waals surface area contributed by atoms with Gasteiger partial charge in [0.05, 0.1) is 12.2 Å². The topological polar surface area (TPSA) is 87.2 Å². The number of nitrogens with zero attached hydrogens (tertiary/aromatic N) is 2. The summed E-state index contributed by atoms with van der Waals surface area (Å²) in [7, 11) is 0. The van der Waals surface area contributed by atoms with Gasteiger partial charge >= 0.3 is 5.97 Å². The molecule has 0 aliphatic carbocycles. The van der Waals surface area contributed by atoms with Gasteiger partial charge in [0.1, 0.15) is 0 Å². The molecule has 6 nitrogen and oxygen atoms in total.